The minimum absolute atomic E-state index is 0.135. The van der Waals surface area contributed by atoms with Gasteiger partial charge in [0, 0.05) is 11.0 Å². The number of H-pyrrole nitrogens is 1. The molecule has 0 radical (unpaired) electrons. The van der Waals surface area contributed by atoms with Crippen molar-refractivity contribution >= 4 is 30.2 Å². The zero-order valence-electron chi connectivity index (χ0n) is 5.61. The molecule has 0 aromatic carbocycles. The normalized spacial score (nSPS) is 11.6. The fourth-order valence-corrected chi connectivity index (χ4v) is 0.936. The van der Waals surface area contributed by atoms with Crippen LogP contribution in [0.2, 0.25) is 0 Å². The third kappa shape index (κ3) is 2.17. The average molecular weight is 185 g/mol. The molecule has 0 saturated carbocycles. The van der Waals surface area contributed by atoms with Gasteiger partial charge >= 0.3 is 0 Å². The van der Waals surface area contributed by atoms with Crippen LogP contribution in [0.4, 0.5) is 0 Å². The highest BCUT2D eigenvalue weighted by molar-refractivity contribution is 7.92. The summed E-state index contributed by atoms with van der Waals surface area (Å²) >= 11 is 7.98. The number of aromatic nitrogens is 1. The van der Waals surface area contributed by atoms with Crippen LogP contribution >= 0.6 is 25.3 Å². The molecule has 1 rings (SSSR count). The predicted molar refractivity (Wildman–Crippen MR) is 53.0 cm³/mol. The summed E-state index contributed by atoms with van der Waals surface area (Å²) in [4.78, 5) is 14.0. The van der Waals surface area contributed by atoms with Crippen LogP contribution in [0.5, 0.6) is 0 Å². The Balaban J connectivity index is 3.16. The van der Waals surface area contributed by atoms with E-state index in [-0.39, 0.29) is 5.56 Å². The molecule has 0 amide bonds. The third-order valence-corrected chi connectivity index (χ3v) is 2.00. The zero-order valence-corrected chi connectivity index (χ0v) is 7.40. The Hall–Kier alpha value is -0.610. The largest absolute Gasteiger partial charge is 0.321 e. The molecule has 58 valence electrons. The molecule has 2 nitrogen and oxygen atoms in total. The molecule has 0 spiro atoms. The first kappa shape index (κ1) is 8.49. The van der Waals surface area contributed by atoms with Crippen LogP contribution in [0.1, 0.15) is 5.69 Å². The molecule has 0 unspecified atom stereocenters. The summed E-state index contributed by atoms with van der Waals surface area (Å²) in [5.74, 6) is 0. The smallest absolute Gasteiger partial charge is 0.248 e. The van der Waals surface area contributed by atoms with E-state index in [4.69, 9.17) is 0 Å². The maximum absolute atomic E-state index is 10.8. The molecule has 1 aromatic heterocycles. The van der Waals surface area contributed by atoms with Crippen molar-refractivity contribution in [3.05, 3.63) is 39.7 Å². The van der Waals surface area contributed by atoms with Gasteiger partial charge in [-0.3, -0.25) is 4.79 Å². The van der Waals surface area contributed by atoms with Crippen LogP contribution in [0.3, 0.4) is 0 Å². The summed E-state index contributed by atoms with van der Waals surface area (Å²) in [6.45, 7) is 0. The lowest BCUT2D eigenvalue weighted by Crippen LogP contribution is -2.04. The number of aromatic amines is 1. The van der Waals surface area contributed by atoms with E-state index < -0.39 is 0 Å². The van der Waals surface area contributed by atoms with E-state index in [9.17, 15) is 4.79 Å². The number of nitrogens with one attached hydrogen (secondary N) is 1. The maximum atomic E-state index is 10.8. The number of thiol groups is 2. The summed E-state index contributed by atoms with van der Waals surface area (Å²) in [5, 5.41) is 1.52. The van der Waals surface area contributed by atoms with Crippen LogP contribution in [0.25, 0.3) is 4.91 Å². The molecule has 1 aromatic rings. The standard InChI is InChI=1S/C7H7NOS2/c9-7-3-1-2-5(8-7)6(11)4-10/h1-4,10-11H,(H,8,9)/b6-4-. The molecule has 1 heterocycles. The van der Waals surface area contributed by atoms with Crippen molar-refractivity contribution in [3.63, 3.8) is 0 Å². The van der Waals surface area contributed by atoms with Gasteiger partial charge in [0.2, 0.25) is 5.56 Å². The fourth-order valence-electron chi connectivity index (χ4n) is 0.667. The van der Waals surface area contributed by atoms with E-state index in [1.807, 2.05) is 0 Å². The topological polar surface area (TPSA) is 32.9 Å². The van der Waals surface area contributed by atoms with Crippen molar-refractivity contribution < 1.29 is 0 Å². The molecule has 0 bridgehead atoms. The van der Waals surface area contributed by atoms with E-state index in [0.29, 0.717) is 10.6 Å². The number of hydrogen-bond acceptors (Lipinski definition) is 3. The van der Waals surface area contributed by atoms with E-state index in [0.717, 1.165) is 0 Å². The van der Waals surface area contributed by atoms with Gasteiger partial charge in [0.25, 0.3) is 0 Å². The summed E-state index contributed by atoms with van der Waals surface area (Å²) < 4.78 is 0. The number of hydrogen-bond donors (Lipinski definition) is 3. The minimum atomic E-state index is -0.135. The summed E-state index contributed by atoms with van der Waals surface area (Å²) in [7, 11) is 0. The molecule has 4 heteroatoms. The van der Waals surface area contributed by atoms with Crippen molar-refractivity contribution in [2.75, 3.05) is 0 Å². The zero-order chi connectivity index (χ0) is 8.27. The van der Waals surface area contributed by atoms with E-state index >= 15 is 0 Å². The molecule has 0 atom stereocenters. The first-order valence-electron chi connectivity index (χ1n) is 2.97. The molecule has 0 fully saturated rings. The monoisotopic (exact) mass is 185 g/mol. The Bertz CT molecular complexity index is 329. The Morgan fingerprint density at radius 1 is 1.55 bits per heavy atom. The summed E-state index contributed by atoms with van der Waals surface area (Å²) in [6, 6.07) is 4.88. The Morgan fingerprint density at radius 3 is 2.82 bits per heavy atom. The molecule has 1 N–H and O–H groups in total. The van der Waals surface area contributed by atoms with Gasteiger partial charge in [-0.1, -0.05) is 6.07 Å². The quantitative estimate of drug-likeness (QED) is 0.570. The first-order chi connectivity index (χ1) is 5.24. The predicted octanol–water partition coefficient (Wildman–Crippen LogP) is 1.53. The molecular weight excluding hydrogens is 178 g/mol. The van der Waals surface area contributed by atoms with Gasteiger partial charge in [0.15, 0.2) is 0 Å². The molecule has 11 heavy (non-hydrogen) atoms. The molecule has 0 aliphatic rings. The lowest BCUT2D eigenvalue weighted by molar-refractivity contribution is 1.21. The fraction of sp³-hybridized carbons (Fsp3) is 0. The highest BCUT2D eigenvalue weighted by atomic mass is 32.1. The highest BCUT2D eigenvalue weighted by Crippen LogP contribution is 2.14. The van der Waals surface area contributed by atoms with Gasteiger partial charge in [-0.2, -0.15) is 12.6 Å². The summed E-state index contributed by atoms with van der Waals surface area (Å²) in [5.41, 5.74) is 0.542. The van der Waals surface area contributed by atoms with Gasteiger partial charge in [0.1, 0.15) is 0 Å². The van der Waals surface area contributed by atoms with Crippen molar-refractivity contribution in [2.45, 2.75) is 0 Å². The van der Waals surface area contributed by atoms with E-state index in [1.54, 1.807) is 12.1 Å². The lowest BCUT2D eigenvalue weighted by atomic mass is 10.3. The lowest BCUT2D eigenvalue weighted by Gasteiger charge is -1.96. The SMILES string of the molecule is O=c1cccc(/C(S)=C/S)[nH]1. The minimum Gasteiger partial charge on any atom is -0.321 e. The Morgan fingerprint density at radius 2 is 2.27 bits per heavy atom. The molecular formula is C7H7NOS2. The second-order valence-electron chi connectivity index (χ2n) is 1.94. The van der Waals surface area contributed by atoms with Gasteiger partial charge in [-0.25, -0.2) is 0 Å². The van der Waals surface area contributed by atoms with Crippen LogP contribution in [-0.2, 0) is 0 Å². The van der Waals surface area contributed by atoms with Gasteiger partial charge in [-0.15, -0.1) is 12.6 Å². The Labute approximate surface area is 75.2 Å². The third-order valence-electron chi connectivity index (χ3n) is 1.17. The van der Waals surface area contributed by atoms with Gasteiger partial charge in [0.05, 0.1) is 5.69 Å². The maximum Gasteiger partial charge on any atom is 0.248 e. The van der Waals surface area contributed by atoms with Crippen molar-refractivity contribution in [2.24, 2.45) is 0 Å². The van der Waals surface area contributed by atoms with Crippen LogP contribution in [0.15, 0.2) is 28.4 Å². The second kappa shape index (κ2) is 3.69. The average Bonchev–Trinajstić information content (AvgIpc) is 2.03. The van der Waals surface area contributed by atoms with Crippen molar-refractivity contribution in [1.82, 2.24) is 4.98 Å². The van der Waals surface area contributed by atoms with Crippen molar-refractivity contribution in [3.8, 4) is 0 Å². The number of rotatable bonds is 1. The molecule has 0 aliphatic carbocycles. The van der Waals surface area contributed by atoms with Gasteiger partial charge < -0.3 is 4.98 Å². The summed E-state index contributed by atoms with van der Waals surface area (Å²) in [6.07, 6.45) is 0. The molecule has 0 aliphatic heterocycles. The van der Waals surface area contributed by atoms with E-state index in [2.05, 4.69) is 30.2 Å². The number of pyridine rings is 1. The molecule has 0 saturated heterocycles. The van der Waals surface area contributed by atoms with Crippen LogP contribution in [-0.4, -0.2) is 4.98 Å². The second-order valence-corrected chi connectivity index (χ2v) is 2.68. The van der Waals surface area contributed by atoms with E-state index in [1.165, 1.54) is 11.5 Å². The first-order valence-corrected chi connectivity index (χ1v) is 3.93. The Kier molecular flexibility index (Phi) is 2.84. The van der Waals surface area contributed by atoms with Gasteiger partial charge in [-0.05, 0) is 11.5 Å². The van der Waals surface area contributed by atoms with Crippen LogP contribution in [0, 0.1) is 0 Å². The highest BCUT2D eigenvalue weighted by Gasteiger charge is 1.93. The van der Waals surface area contributed by atoms with Crippen molar-refractivity contribution in [1.29, 1.82) is 0 Å². The van der Waals surface area contributed by atoms with Crippen LogP contribution < -0.4 is 5.56 Å².